The molecule has 1 N–H and O–H groups in total. The molecule has 1 aromatic carbocycles. The van der Waals surface area contributed by atoms with Crippen molar-refractivity contribution in [3.63, 3.8) is 0 Å². The van der Waals surface area contributed by atoms with Gasteiger partial charge in [0.25, 0.3) is 5.56 Å². The van der Waals surface area contributed by atoms with Crippen LogP contribution in [0.2, 0.25) is 0 Å². The summed E-state index contributed by atoms with van der Waals surface area (Å²) in [5.41, 5.74) is 3.07. The Bertz CT molecular complexity index is 1080. The molecule has 1 aliphatic heterocycles. The number of aryl methyl sites for hydroxylation is 1. The lowest BCUT2D eigenvalue weighted by Gasteiger charge is -2.31. The summed E-state index contributed by atoms with van der Waals surface area (Å²) >= 11 is 0. The quantitative estimate of drug-likeness (QED) is 0.750. The summed E-state index contributed by atoms with van der Waals surface area (Å²) in [6.45, 7) is 3.33. The van der Waals surface area contributed by atoms with Gasteiger partial charge in [-0.3, -0.25) is 14.2 Å². The van der Waals surface area contributed by atoms with Gasteiger partial charge in [0.05, 0.1) is 12.5 Å². The topological polar surface area (TPSA) is 88.3 Å². The molecule has 2 aromatic heterocycles. The number of piperidine rings is 1. The van der Waals surface area contributed by atoms with Crippen molar-refractivity contribution < 1.29 is 9.90 Å². The van der Waals surface area contributed by atoms with Gasteiger partial charge < -0.3 is 10.0 Å². The molecule has 0 spiro atoms. The van der Waals surface area contributed by atoms with Crippen molar-refractivity contribution in [2.75, 3.05) is 18.0 Å². The average molecular weight is 378 g/mol. The lowest BCUT2D eigenvalue weighted by molar-refractivity contribution is -0.141. The molecule has 1 saturated heterocycles. The molecule has 0 amide bonds. The van der Waals surface area contributed by atoms with Crippen molar-refractivity contribution in [1.82, 2.24) is 14.5 Å². The second-order valence-electron chi connectivity index (χ2n) is 7.28. The standard InChI is InChI=1S/C21H22N4O3/c1-14-6-8-15(9-7-14)12-25-18-17(5-2-10-22-18)23-19(20(25)26)24-11-3-4-16(13-24)21(27)28/h2,5-10,16H,3-4,11-13H2,1H3,(H,27,28)/t16-/m1/s1. The van der Waals surface area contributed by atoms with Gasteiger partial charge in [0.15, 0.2) is 11.5 Å². The Morgan fingerprint density at radius 3 is 2.79 bits per heavy atom. The molecule has 4 rings (SSSR count). The maximum absolute atomic E-state index is 13.3. The molecule has 0 bridgehead atoms. The van der Waals surface area contributed by atoms with Gasteiger partial charge in [0.1, 0.15) is 5.52 Å². The van der Waals surface area contributed by atoms with Crippen LogP contribution in [0.4, 0.5) is 5.82 Å². The molecule has 1 atom stereocenters. The van der Waals surface area contributed by atoms with Crippen LogP contribution in [-0.4, -0.2) is 38.7 Å². The predicted octanol–water partition coefficient (Wildman–Crippen LogP) is 2.45. The van der Waals surface area contributed by atoms with Crippen LogP contribution in [-0.2, 0) is 11.3 Å². The summed E-state index contributed by atoms with van der Waals surface area (Å²) in [6, 6.07) is 11.6. The Hall–Kier alpha value is -3.22. The third kappa shape index (κ3) is 3.47. The fourth-order valence-electron chi connectivity index (χ4n) is 3.66. The first-order valence-electron chi connectivity index (χ1n) is 9.42. The molecule has 7 heteroatoms. The molecular formula is C21H22N4O3. The van der Waals surface area contributed by atoms with Gasteiger partial charge in [-0.25, -0.2) is 9.97 Å². The molecule has 0 radical (unpaired) electrons. The highest BCUT2D eigenvalue weighted by Crippen LogP contribution is 2.21. The number of benzene rings is 1. The Morgan fingerprint density at radius 2 is 2.04 bits per heavy atom. The fraction of sp³-hybridized carbons (Fsp3) is 0.333. The van der Waals surface area contributed by atoms with Crippen LogP contribution in [0.5, 0.6) is 0 Å². The zero-order valence-electron chi connectivity index (χ0n) is 15.7. The van der Waals surface area contributed by atoms with E-state index in [1.54, 1.807) is 16.8 Å². The number of hydrogen-bond acceptors (Lipinski definition) is 5. The smallest absolute Gasteiger partial charge is 0.308 e. The number of fused-ring (bicyclic) bond motifs is 1. The molecule has 1 fully saturated rings. The summed E-state index contributed by atoms with van der Waals surface area (Å²) in [5.74, 6) is -1.00. The lowest BCUT2D eigenvalue weighted by atomic mass is 9.98. The van der Waals surface area contributed by atoms with Gasteiger partial charge in [-0.1, -0.05) is 29.8 Å². The molecule has 3 heterocycles. The van der Waals surface area contributed by atoms with Crippen molar-refractivity contribution in [3.05, 3.63) is 64.1 Å². The van der Waals surface area contributed by atoms with Crippen LogP contribution in [0, 0.1) is 12.8 Å². The first-order valence-corrected chi connectivity index (χ1v) is 9.42. The van der Waals surface area contributed by atoms with E-state index in [2.05, 4.69) is 9.97 Å². The minimum atomic E-state index is -0.827. The highest BCUT2D eigenvalue weighted by Gasteiger charge is 2.28. The van der Waals surface area contributed by atoms with Crippen LogP contribution in [0.25, 0.3) is 11.2 Å². The number of anilines is 1. The summed E-state index contributed by atoms with van der Waals surface area (Å²) in [6.07, 6.45) is 3.00. The van der Waals surface area contributed by atoms with Crippen molar-refractivity contribution in [2.45, 2.75) is 26.3 Å². The maximum atomic E-state index is 13.3. The molecule has 1 aliphatic rings. The van der Waals surface area contributed by atoms with Crippen molar-refractivity contribution >= 4 is 23.0 Å². The van der Waals surface area contributed by atoms with E-state index in [9.17, 15) is 14.7 Å². The van der Waals surface area contributed by atoms with Crippen LogP contribution >= 0.6 is 0 Å². The van der Waals surface area contributed by atoms with Gasteiger partial charge >= 0.3 is 5.97 Å². The fourth-order valence-corrected chi connectivity index (χ4v) is 3.66. The number of carboxylic acid groups (broad SMARTS) is 1. The second-order valence-corrected chi connectivity index (χ2v) is 7.28. The SMILES string of the molecule is Cc1ccc(Cn2c(=O)c(N3CCC[C@@H](C(=O)O)C3)nc3cccnc32)cc1. The summed E-state index contributed by atoms with van der Waals surface area (Å²) in [7, 11) is 0. The van der Waals surface area contributed by atoms with Gasteiger partial charge in [0.2, 0.25) is 0 Å². The average Bonchev–Trinajstić information content (AvgIpc) is 2.71. The van der Waals surface area contributed by atoms with E-state index in [1.807, 2.05) is 42.2 Å². The molecular weight excluding hydrogens is 356 g/mol. The number of nitrogens with zero attached hydrogens (tertiary/aromatic N) is 4. The first-order chi connectivity index (χ1) is 13.5. The third-order valence-corrected chi connectivity index (χ3v) is 5.22. The van der Waals surface area contributed by atoms with E-state index < -0.39 is 11.9 Å². The highest BCUT2D eigenvalue weighted by atomic mass is 16.4. The number of pyridine rings is 1. The summed E-state index contributed by atoms with van der Waals surface area (Å²) < 4.78 is 1.63. The number of hydrogen-bond donors (Lipinski definition) is 1. The minimum absolute atomic E-state index is 0.238. The Kier molecular flexibility index (Phi) is 4.81. The molecule has 28 heavy (non-hydrogen) atoms. The molecule has 7 nitrogen and oxygen atoms in total. The lowest BCUT2D eigenvalue weighted by Crippen LogP contribution is -2.42. The number of rotatable bonds is 4. The van der Waals surface area contributed by atoms with E-state index in [-0.39, 0.29) is 5.56 Å². The van der Waals surface area contributed by atoms with E-state index in [0.717, 1.165) is 17.5 Å². The van der Waals surface area contributed by atoms with Crippen LogP contribution < -0.4 is 10.5 Å². The Morgan fingerprint density at radius 1 is 1.25 bits per heavy atom. The molecule has 0 aliphatic carbocycles. The van der Waals surface area contributed by atoms with Gasteiger partial charge in [-0.05, 0) is 37.5 Å². The van der Waals surface area contributed by atoms with Crippen LogP contribution in [0.1, 0.15) is 24.0 Å². The number of carbonyl (C=O) groups is 1. The van der Waals surface area contributed by atoms with E-state index >= 15 is 0 Å². The van der Waals surface area contributed by atoms with Crippen molar-refractivity contribution in [2.24, 2.45) is 5.92 Å². The molecule has 0 unspecified atom stereocenters. The Labute approximate surface area is 162 Å². The maximum Gasteiger partial charge on any atom is 0.308 e. The summed E-state index contributed by atoms with van der Waals surface area (Å²) in [4.78, 5) is 35.5. The summed E-state index contributed by atoms with van der Waals surface area (Å²) in [5, 5.41) is 9.38. The minimum Gasteiger partial charge on any atom is -0.481 e. The van der Waals surface area contributed by atoms with Crippen LogP contribution in [0.3, 0.4) is 0 Å². The first kappa shape index (κ1) is 18.2. The van der Waals surface area contributed by atoms with Gasteiger partial charge in [-0.15, -0.1) is 0 Å². The van der Waals surface area contributed by atoms with Gasteiger partial charge in [-0.2, -0.15) is 0 Å². The number of aliphatic carboxylic acids is 1. The normalized spacial score (nSPS) is 17.0. The molecule has 144 valence electrons. The third-order valence-electron chi connectivity index (χ3n) is 5.22. The number of aromatic nitrogens is 3. The van der Waals surface area contributed by atoms with Crippen molar-refractivity contribution in [3.8, 4) is 0 Å². The number of carboxylic acids is 1. The molecule has 0 saturated carbocycles. The van der Waals surface area contributed by atoms with E-state index in [4.69, 9.17) is 0 Å². The zero-order valence-corrected chi connectivity index (χ0v) is 15.7. The zero-order chi connectivity index (χ0) is 19.7. The van der Waals surface area contributed by atoms with Gasteiger partial charge in [0, 0.05) is 19.3 Å². The predicted molar refractivity (Wildman–Crippen MR) is 107 cm³/mol. The molecule has 3 aromatic rings. The Balaban J connectivity index is 1.80. The van der Waals surface area contributed by atoms with E-state index in [0.29, 0.717) is 43.0 Å². The van der Waals surface area contributed by atoms with Crippen molar-refractivity contribution in [1.29, 1.82) is 0 Å². The van der Waals surface area contributed by atoms with Crippen LogP contribution in [0.15, 0.2) is 47.4 Å². The largest absolute Gasteiger partial charge is 0.481 e. The highest BCUT2D eigenvalue weighted by molar-refractivity contribution is 5.73. The second kappa shape index (κ2) is 7.42. The van der Waals surface area contributed by atoms with E-state index in [1.165, 1.54) is 0 Å². The monoisotopic (exact) mass is 378 g/mol.